The van der Waals surface area contributed by atoms with Gasteiger partial charge in [0.25, 0.3) is 0 Å². The van der Waals surface area contributed by atoms with Crippen molar-refractivity contribution in [3.63, 3.8) is 0 Å². The van der Waals surface area contributed by atoms with Crippen LogP contribution >= 0.6 is 11.3 Å². The standard InChI is InChI=1S/C25H32N4O2S/c1-3-26-24(30)27-17-8-18-29-23(21-12-14-22(31-2)15-13-21)19-32-25(29)28-16-7-11-20-9-5-4-6-10-20/h4-6,9-10,12-15,19H,3,7-8,11,16-18H2,1-2H3,(H2,26,27,30). The Labute approximate surface area is 194 Å². The Balaban J connectivity index is 1.71. The highest BCUT2D eigenvalue weighted by atomic mass is 32.1. The molecule has 0 saturated heterocycles. The van der Waals surface area contributed by atoms with E-state index in [4.69, 9.17) is 9.73 Å². The van der Waals surface area contributed by atoms with Crippen molar-refractivity contribution in [2.45, 2.75) is 32.7 Å². The molecule has 0 atom stereocenters. The molecular formula is C25H32N4O2S. The van der Waals surface area contributed by atoms with Gasteiger partial charge >= 0.3 is 6.03 Å². The Hall–Kier alpha value is -3.06. The van der Waals surface area contributed by atoms with Crippen LogP contribution in [-0.2, 0) is 13.0 Å². The molecule has 6 nitrogen and oxygen atoms in total. The monoisotopic (exact) mass is 452 g/mol. The number of aryl methyl sites for hydroxylation is 1. The normalized spacial score (nSPS) is 11.4. The first-order valence-corrected chi connectivity index (χ1v) is 12.0. The second kappa shape index (κ2) is 12.7. The van der Waals surface area contributed by atoms with E-state index in [0.29, 0.717) is 13.1 Å². The van der Waals surface area contributed by atoms with Crippen molar-refractivity contribution in [3.05, 3.63) is 70.3 Å². The van der Waals surface area contributed by atoms with Crippen LogP contribution in [0.15, 0.2) is 65.0 Å². The first kappa shape index (κ1) is 23.6. The van der Waals surface area contributed by atoms with Crippen molar-refractivity contribution in [1.82, 2.24) is 15.2 Å². The minimum atomic E-state index is -0.121. The number of amides is 2. The van der Waals surface area contributed by atoms with Crippen LogP contribution in [0.2, 0.25) is 0 Å². The number of nitrogens with one attached hydrogen (secondary N) is 2. The number of benzene rings is 2. The van der Waals surface area contributed by atoms with Gasteiger partial charge < -0.3 is 19.9 Å². The van der Waals surface area contributed by atoms with Crippen molar-refractivity contribution in [2.24, 2.45) is 4.99 Å². The van der Waals surface area contributed by atoms with Crippen molar-refractivity contribution in [1.29, 1.82) is 0 Å². The lowest BCUT2D eigenvalue weighted by Gasteiger charge is -2.11. The lowest BCUT2D eigenvalue weighted by molar-refractivity contribution is 0.241. The number of rotatable bonds is 11. The SMILES string of the molecule is CCNC(=O)NCCCn1c(-c2ccc(OC)cc2)csc1=NCCCc1ccccc1. The Morgan fingerprint density at radius 2 is 1.84 bits per heavy atom. The maximum absolute atomic E-state index is 11.7. The lowest BCUT2D eigenvalue weighted by Crippen LogP contribution is -2.36. The summed E-state index contributed by atoms with van der Waals surface area (Å²) in [6, 6.07) is 18.5. The smallest absolute Gasteiger partial charge is 0.314 e. The number of hydrogen-bond acceptors (Lipinski definition) is 4. The fourth-order valence-corrected chi connectivity index (χ4v) is 4.39. The molecule has 0 fully saturated rings. The molecule has 0 saturated carbocycles. The molecule has 0 aliphatic heterocycles. The zero-order valence-corrected chi connectivity index (χ0v) is 19.7. The van der Waals surface area contributed by atoms with Crippen molar-refractivity contribution in [3.8, 4) is 17.0 Å². The van der Waals surface area contributed by atoms with Crippen molar-refractivity contribution in [2.75, 3.05) is 26.7 Å². The van der Waals surface area contributed by atoms with Gasteiger partial charge in [-0.15, -0.1) is 11.3 Å². The topological polar surface area (TPSA) is 67.7 Å². The summed E-state index contributed by atoms with van der Waals surface area (Å²) in [5, 5.41) is 7.83. The van der Waals surface area contributed by atoms with E-state index in [0.717, 1.165) is 54.2 Å². The highest BCUT2D eigenvalue weighted by Gasteiger charge is 2.09. The molecule has 3 rings (SSSR count). The first-order chi connectivity index (χ1) is 15.7. The molecule has 0 unspecified atom stereocenters. The Morgan fingerprint density at radius 1 is 1.06 bits per heavy atom. The van der Waals surface area contributed by atoms with Gasteiger partial charge in [-0.05, 0) is 61.6 Å². The van der Waals surface area contributed by atoms with Gasteiger partial charge in [0.2, 0.25) is 0 Å². The predicted octanol–water partition coefficient (Wildman–Crippen LogP) is 4.47. The third kappa shape index (κ3) is 6.99. The minimum absolute atomic E-state index is 0.121. The van der Waals surface area contributed by atoms with E-state index in [9.17, 15) is 4.79 Å². The van der Waals surface area contributed by atoms with E-state index in [-0.39, 0.29) is 6.03 Å². The number of carbonyl (C=O) groups is 1. The van der Waals surface area contributed by atoms with Crippen LogP contribution in [0.5, 0.6) is 5.75 Å². The summed E-state index contributed by atoms with van der Waals surface area (Å²) in [6.45, 7) is 4.72. The summed E-state index contributed by atoms with van der Waals surface area (Å²) in [6.07, 6.45) is 2.87. The average Bonchev–Trinajstić information content (AvgIpc) is 3.23. The van der Waals surface area contributed by atoms with E-state index in [1.807, 2.05) is 25.1 Å². The predicted molar refractivity (Wildman–Crippen MR) is 131 cm³/mol. The summed E-state index contributed by atoms with van der Waals surface area (Å²) in [5.41, 5.74) is 3.61. The zero-order chi connectivity index (χ0) is 22.6. The molecule has 2 N–H and O–H groups in total. The molecule has 0 spiro atoms. The maximum Gasteiger partial charge on any atom is 0.314 e. The molecule has 0 radical (unpaired) electrons. The first-order valence-electron chi connectivity index (χ1n) is 11.1. The van der Waals surface area contributed by atoms with Crippen LogP contribution < -0.4 is 20.2 Å². The molecular weight excluding hydrogens is 420 g/mol. The molecule has 0 aliphatic rings. The fraction of sp³-hybridized carbons (Fsp3) is 0.360. The summed E-state index contributed by atoms with van der Waals surface area (Å²) in [7, 11) is 1.67. The van der Waals surface area contributed by atoms with Gasteiger partial charge in [0.05, 0.1) is 12.8 Å². The third-order valence-corrected chi connectivity index (χ3v) is 5.98. The minimum Gasteiger partial charge on any atom is -0.497 e. The Kier molecular flexibility index (Phi) is 9.37. The van der Waals surface area contributed by atoms with Crippen LogP contribution in [0, 0.1) is 0 Å². The number of nitrogens with zero attached hydrogens (tertiary/aromatic N) is 2. The molecule has 1 aromatic heterocycles. The second-order valence-corrected chi connectivity index (χ2v) is 8.23. The highest BCUT2D eigenvalue weighted by molar-refractivity contribution is 7.07. The lowest BCUT2D eigenvalue weighted by atomic mass is 10.1. The molecule has 7 heteroatoms. The van der Waals surface area contributed by atoms with Crippen LogP contribution in [-0.4, -0.2) is 37.3 Å². The van der Waals surface area contributed by atoms with E-state index in [1.165, 1.54) is 5.56 Å². The third-order valence-electron chi connectivity index (χ3n) is 5.08. The second-order valence-electron chi connectivity index (χ2n) is 7.39. The molecule has 2 aromatic carbocycles. The van der Waals surface area contributed by atoms with E-state index in [2.05, 4.69) is 57.0 Å². The Morgan fingerprint density at radius 3 is 2.56 bits per heavy atom. The molecule has 170 valence electrons. The van der Waals surface area contributed by atoms with Crippen LogP contribution in [0.4, 0.5) is 4.79 Å². The summed E-state index contributed by atoms with van der Waals surface area (Å²) < 4.78 is 7.55. The summed E-state index contributed by atoms with van der Waals surface area (Å²) >= 11 is 1.67. The number of methoxy groups -OCH3 is 1. The number of ether oxygens (including phenoxy) is 1. The van der Waals surface area contributed by atoms with Gasteiger partial charge in [0.1, 0.15) is 5.75 Å². The summed E-state index contributed by atoms with van der Waals surface area (Å²) in [4.78, 5) is 17.6. The van der Waals surface area contributed by atoms with Gasteiger partial charge in [0.15, 0.2) is 4.80 Å². The van der Waals surface area contributed by atoms with Crippen LogP contribution in [0.3, 0.4) is 0 Å². The van der Waals surface area contributed by atoms with Gasteiger partial charge in [-0.2, -0.15) is 0 Å². The quantitative estimate of drug-likeness (QED) is 0.422. The van der Waals surface area contributed by atoms with Gasteiger partial charge in [-0.1, -0.05) is 30.3 Å². The molecule has 32 heavy (non-hydrogen) atoms. The average molecular weight is 453 g/mol. The van der Waals surface area contributed by atoms with E-state index >= 15 is 0 Å². The maximum atomic E-state index is 11.7. The van der Waals surface area contributed by atoms with Crippen LogP contribution in [0.25, 0.3) is 11.3 Å². The summed E-state index contributed by atoms with van der Waals surface area (Å²) in [5.74, 6) is 0.840. The van der Waals surface area contributed by atoms with Gasteiger partial charge in [-0.3, -0.25) is 4.99 Å². The van der Waals surface area contributed by atoms with Crippen LogP contribution in [0.1, 0.15) is 25.3 Å². The largest absolute Gasteiger partial charge is 0.497 e. The highest BCUT2D eigenvalue weighted by Crippen LogP contribution is 2.23. The fourth-order valence-electron chi connectivity index (χ4n) is 3.43. The van der Waals surface area contributed by atoms with Gasteiger partial charge in [-0.25, -0.2) is 4.79 Å². The molecule has 0 bridgehead atoms. The zero-order valence-electron chi connectivity index (χ0n) is 18.8. The van der Waals surface area contributed by atoms with Crippen molar-refractivity contribution >= 4 is 17.4 Å². The Bertz CT molecular complexity index is 1030. The molecule has 2 amide bonds. The molecule has 1 heterocycles. The van der Waals surface area contributed by atoms with E-state index in [1.54, 1.807) is 18.4 Å². The number of thiazole rings is 1. The number of hydrogen-bond donors (Lipinski definition) is 2. The van der Waals surface area contributed by atoms with Gasteiger partial charge in [0, 0.05) is 31.6 Å². The van der Waals surface area contributed by atoms with Crippen molar-refractivity contribution < 1.29 is 9.53 Å². The molecule has 0 aliphatic carbocycles. The number of urea groups is 1. The molecule has 3 aromatic rings. The number of aromatic nitrogens is 1. The number of carbonyl (C=O) groups excluding carboxylic acids is 1. The van der Waals surface area contributed by atoms with E-state index < -0.39 is 0 Å².